The second-order valence-electron chi connectivity index (χ2n) is 10.5. The zero-order valence-corrected chi connectivity index (χ0v) is 23.9. The van der Waals surface area contributed by atoms with Gasteiger partial charge in [0.2, 0.25) is 0 Å². The summed E-state index contributed by atoms with van der Waals surface area (Å²) in [6, 6.07) is 20.8. The second kappa shape index (κ2) is 14.0. The Labute approximate surface area is 248 Å². The Morgan fingerprint density at radius 1 is 0.860 bits per heavy atom. The lowest BCUT2D eigenvalue weighted by atomic mass is 9.94. The minimum atomic E-state index is -1.25. The molecule has 224 valence electrons. The standard InChI is InChI=1S/C34H34F2N2O5/c1-21(2)38-29(17-16-27(39)18-28(40)19-30(41)42)31(24-10-14-26(36)15-11-24)32(23-6-4-3-5-7-23)33(38)34(43)37-20-22-8-12-25(35)13-9-22/h3-17,21,27-28,39-40H,18-20H2,1-2H3,(H,37,43)(H,41,42)/t27-,28+/m0/s1. The van der Waals surface area contributed by atoms with Crippen LogP contribution in [0.3, 0.4) is 0 Å². The molecule has 0 aliphatic heterocycles. The van der Waals surface area contributed by atoms with Crippen LogP contribution in [0.1, 0.15) is 54.5 Å². The summed E-state index contributed by atoms with van der Waals surface area (Å²) in [6.45, 7) is 3.96. The zero-order valence-electron chi connectivity index (χ0n) is 23.9. The third kappa shape index (κ3) is 7.82. The Hall–Kier alpha value is -4.60. The van der Waals surface area contributed by atoms with Gasteiger partial charge < -0.3 is 25.2 Å². The van der Waals surface area contributed by atoms with E-state index in [9.17, 15) is 28.6 Å². The van der Waals surface area contributed by atoms with Crippen LogP contribution in [0.5, 0.6) is 0 Å². The molecule has 43 heavy (non-hydrogen) atoms. The number of carboxylic acids is 1. The lowest BCUT2D eigenvalue weighted by molar-refractivity contribution is -0.139. The van der Waals surface area contributed by atoms with Crippen molar-refractivity contribution < 1.29 is 33.7 Å². The molecular formula is C34H34F2N2O5. The van der Waals surface area contributed by atoms with Gasteiger partial charge >= 0.3 is 5.97 Å². The first-order valence-corrected chi connectivity index (χ1v) is 13.9. The van der Waals surface area contributed by atoms with Crippen LogP contribution in [-0.4, -0.2) is 44.0 Å². The normalized spacial score (nSPS) is 12.9. The number of aliphatic carboxylic acids is 1. The Balaban J connectivity index is 1.90. The first-order valence-electron chi connectivity index (χ1n) is 13.9. The number of aromatic nitrogens is 1. The van der Waals surface area contributed by atoms with Crippen molar-refractivity contribution in [2.45, 2.75) is 51.5 Å². The fraction of sp³-hybridized carbons (Fsp3) is 0.235. The van der Waals surface area contributed by atoms with Gasteiger partial charge in [-0.25, -0.2) is 8.78 Å². The van der Waals surface area contributed by atoms with Crippen molar-refractivity contribution in [3.05, 3.63) is 114 Å². The molecule has 0 radical (unpaired) electrons. The average molecular weight is 589 g/mol. The van der Waals surface area contributed by atoms with Gasteiger partial charge in [-0.3, -0.25) is 9.59 Å². The van der Waals surface area contributed by atoms with E-state index in [0.29, 0.717) is 33.6 Å². The molecule has 0 bridgehead atoms. The van der Waals surface area contributed by atoms with Gasteiger partial charge in [0.1, 0.15) is 17.3 Å². The molecule has 9 heteroatoms. The number of aliphatic hydroxyl groups excluding tert-OH is 2. The number of nitrogens with one attached hydrogen (secondary N) is 1. The van der Waals surface area contributed by atoms with Crippen LogP contribution in [0, 0.1) is 11.6 Å². The number of aliphatic hydroxyl groups is 2. The molecule has 0 saturated heterocycles. The van der Waals surface area contributed by atoms with Crippen LogP contribution in [0.15, 0.2) is 84.9 Å². The van der Waals surface area contributed by atoms with Crippen molar-refractivity contribution in [1.82, 2.24) is 9.88 Å². The predicted molar refractivity (Wildman–Crippen MR) is 161 cm³/mol. The summed E-state index contributed by atoms with van der Waals surface area (Å²) < 4.78 is 29.3. The summed E-state index contributed by atoms with van der Waals surface area (Å²) in [7, 11) is 0. The highest BCUT2D eigenvalue weighted by Gasteiger charge is 2.29. The maximum atomic E-state index is 14.0. The Bertz CT molecular complexity index is 1580. The number of amides is 1. The molecule has 1 aromatic heterocycles. The molecule has 0 aliphatic carbocycles. The number of halogens is 2. The average Bonchev–Trinajstić information content (AvgIpc) is 3.31. The first kappa shape index (κ1) is 31.3. The van der Waals surface area contributed by atoms with Crippen LogP contribution >= 0.6 is 0 Å². The number of nitrogens with zero attached hydrogens (tertiary/aromatic N) is 1. The number of carboxylic acid groups (broad SMARTS) is 1. The van der Waals surface area contributed by atoms with E-state index in [0.717, 1.165) is 5.56 Å². The van der Waals surface area contributed by atoms with Gasteiger partial charge in [0.15, 0.2) is 0 Å². The molecule has 2 atom stereocenters. The minimum absolute atomic E-state index is 0.147. The maximum absolute atomic E-state index is 14.0. The molecule has 3 aromatic carbocycles. The van der Waals surface area contributed by atoms with Gasteiger partial charge in [-0.05, 0) is 60.9 Å². The number of carbonyl (C=O) groups excluding carboxylic acids is 1. The van der Waals surface area contributed by atoms with Crippen LogP contribution in [0.4, 0.5) is 8.78 Å². The highest BCUT2D eigenvalue weighted by Crippen LogP contribution is 2.42. The molecule has 0 fully saturated rings. The number of hydrogen-bond acceptors (Lipinski definition) is 4. The van der Waals surface area contributed by atoms with Crippen LogP contribution in [0.2, 0.25) is 0 Å². The Kier molecular flexibility index (Phi) is 10.2. The van der Waals surface area contributed by atoms with Gasteiger partial charge in [-0.2, -0.15) is 0 Å². The quantitative estimate of drug-likeness (QED) is 0.157. The zero-order chi connectivity index (χ0) is 31.1. The van der Waals surface area contributed by atoms with Crippen molar-refractivity contribution in [3.8, 4) is 22.3 Å². The van der Waals surface area contributed by atoms with Crippen molar-refractivity contribution >= 4 is 18.0 Å². The van der Waals surface area contributed by atoms with E-state index in [1.165, 1.54) is 30.3 Å². The molecule has 0 saturated carbocycles. The number of benzene rings is 3. The molecule has 1 heterocycles. The van der Waals surface area contributed by atoms with Crippen molar-refractivity contribution in [2.24, 2.45) is 0 Å². The van der Waals surface area contributed by atoms with E-state index in [4.69, 9.17) is 5.11 Å². The molecule has 4 aromatic rings. The third-order valence-corrected chi connectivity index (χ3v) is 6.94. The number of carbonyl (C=O) groups is 2. The van der Waals surface area contributed by atoms with Crippen LogP contribution in [-0.2, 0) is 11.3 Å². The first-order chi connectivity index (χ1) is 20.5. The molecule has 4 N–H and O–H groups in total. The monoisotopic (exact) mass is 588 g/mol. The largest absolute Gasteiger partial charge is 0.481 e. The fourth-order valence-corrected chi connectivity index (χ4v) is 5.04. The van der Waals surface area contributed by atoms with Crippen molar-refractivity contribution in [1.29, 1.82) is 0 Å². The predicted octanol–water partition coefficient (Wildman–Crippen LogP) is 6.21. The fourth-order valence-electron chi connectivity index (χ4n) is 5.04. The Morgan fingerprint density at radius 3 is 2.02 bits per heavy atom. The van der Waals surface area contributed by atoms with E-state index in [1.54, 1.807) is 30.3 Å². The van der Waals surface area contributed by atoms with E-state index >= 15 is 0 Å². The second-order valence-corrected chi connectivity index (χ2v) is 10.5. The van der Waals surface area contributed by atoms with Gasteiger partial charge in [-0.15, -0.1) is 0 Å². The summed E-state index contributed by atoms with van der Waals surface area (Å²) in [5.74, 6) is -2.38. The minimum Gasteiger partial charge on any atom is -0.481 e. The van der Waals surface area contributed by atoms with E-state index in [2.05, 4.69) is 5.32 Å². The highest BCUT2D eigenvalue weighted by molar-refractivity contribution is 6.06. The van der Waals surface area contributed by atoms with Gasteiger partial charge in [0.05, 0.1) is 18.6 Å². The van der Waals surface area contributed by atoms with E-state index in [1.807, 2.05) is 48.7 Å². The molecular weight excluding hydrogens is 554 g/mol. The van der Waals surface area contributed by atoms with Crippen LogP contribution in [0.25, 0.3) is 28.3 Å². The van der Waals surface area contributed by atoms with Gasteiger partial charge in [0, 0.05) is 35.8 Å². The summed E-state index contributed by atoms with van der Waals surface area (Å²) in [6.07, 6.45) is -0.0558. The molecule has 0 unspecified atom stereocenters. The summed E-state index contributed by atoms with van der Waals surface area (Å²) in [5, 5.41) is 32.6. The molecule has 7 nitrogen and oxygen atoms in total. The summed E-state index contributed by atoms with van der Waals surface area (Å²) in [4.78, 5) is 25.0. The van der Waals surface area contributed by atoms with E-state index < -0.39 is 36.3 Å². The lowest BCUT2D eigenvalue weighted by Gasteiger charge is -2.17. The molecule has 0 aliphatic rings. The summed E-state index contributed by atoms with van der Waals surface area (Å²) >= 11 is 0. The Morgan fingerprint density at radius 2 is 1.44 bits per heavy atom. The van der Waals surface area contributed by atoms with Gasteiger partial charge in [0.25, 0.3) is 5.91 Å². The molecule has 4 rings (SSSR count). The lowest BCUT2D eigenvalue weighted by Crippen LogP contribution is -2.27. The number of rotatable bonds is 12. The smallest absolute Gasteiger partial charge is 0.305 e. The van der Waals surface area contributed by atoms with E-state index in [-0.39, 0.29) is 24.8 Å². The molecule has 1 amide bonds. The molecule has 0 spiro atoms. The summed E-state index contributed by atoms with van der Waals surface area (Å²) in [5.41, 5.74) is 4.19. The maximum Gasteiger partial charge on any atom is 0.305 e. The number of hydrogen-bond donors (Lipinski definition) is 4. The topological polar surface area (TPSA) is 112 Å². The highest BCUT2D eigenvalue weighted by atomic mass is 19.1. The van der Waals surface area contributed by atoms with Gasteiger partial charge in [-0.1, -0.05) is 60.7 Å². The van der Waals surface area contributed by atoms with Crippen molar-refractivity contribution in [3.63, 3.8) is 0 Å². The third-order valence-electron chi connectivity index (χ3n) is 6.94. The van der Waals surface area contributed by atoms with Crippen LogP contribution < -0.4 is 5.32 Å². The van der Waals surface area contributed by atoms with Crippen molar-refractivity contribution in [2.75, 3.05) is 0 Å². The SMILES string of the molecule is CC(C)n1c(C=C[C@H](O)C[C@@H](O)CC(=O)O)c(-c2ccc(F)cc2)c(-c2ccccc2)c1C(=O)NCc1ccc(F)cc1.